The van der Waals surface area contributed by atoms with Gasteiger partial charge in [0.1, 0.15) is 17.0 Å². The number of ether oxygens (including phenoxy) is 1. The van der Waals surface area contributed by atoms with Gasteiger partial charge in [-0.05, 0) is 51.5 Å². The molecule has 2 heterocycles. The SMILES string of the molecule is Cc1cc(C2=N[C@@H](C)C(C)(C)Oc3ccccc32)cnc1C(F)F. The molecule has 1 aliphatic rings. The van der Waals surface area contributed by atoms with Crippen molar-refractivity contribution < 1.29 is 13.5 Å². The summed E-state index contributed by atoms with van der Waals surface area (Å²) >= 11 is 0. The minimum Gasteiger partial charge on any atom is -0.485 e. The molecule has 1 aliphatic heterocycles. The van der Waals surface area contributed by atoms with Crippen LogP contribution in [0.25, 0.3) is 0 Å². The molecule has 0 bridgehead atoms. The number of halogens is 2. The fraction of sp³-hybridized carbons (Fsp3) is 0.368. The highest BCUT2D eigenvalue weighted by molar-refractivity contribution is 6.14. The van der Waals surface area contributed by atoms with Crippen molar-refractivity contribution in [2.75, 3.05) is 0 Å². The zero-order chi connectivity index (χ0) is 17.5. The predicted molar refractivity (Wildman–Crippen MR) is 90.2 cm³/mol. The highest BCUT2D eigenvalue weighted by Gasteiger charge is 2.33. The Kier molecular flexibility index (Phi) is 4.11. The monoisotopic (exact) mass is 330 g/mol. The normalized spacial score (nSPS) is 19.3. The van der Waals surface area contributed by atoms with E-state index in [0.29, 0.717) is 5.56 Å². The van der Waals surface area contributed by atoms with E-state index in [1.165, 1.54) is 6.20 Å². The Bertz CT molecular complexity index is 800. The van der Waals surface area contributed by atoms with Gasteiger partial charge in [-0.3, -0.25) is 9.98 Å². The van der Waals surface area contributed by atoms with Gasteiger partial charge in [-0.25, -0.2) is 8.78 Å². The third-order valence-electron chi connectivity index (χ3n) is 4.44. The Hall–Kier alpha value is -2.30. The van der Waals surface area contributed by atoms with Gasteiger partial charge in [0.2, 0.25) is 0 Å². The molecule has 0 spiro atoms. The van der Waals surface area contributed by atoms with Crippen LogP contribution in [-0.4, -0.2) is 22.3 Å². The van der Waals surface area contributed by atoms with E-state index in [0.717, 1.165) is 22.6 Å². The summed E-state index contributed by atoms with van der Waals surface area (Å²) in [6.07, 6.45) is -1.11. The van der Waals surface area contributed by atoms with E-state index in [2.05, 4.69) is 4.98 Å². The van der Waals surface area contributed by atoms with Gasteiger partial charge in [0.15, 0.2) is 0 Å². The Morgan fingerprint density at radius 1 is 1.21 bits per heavy atom. The Morgan fingerprint density at radius 3 is 2.58 bits per heavy atom. The molecule has 0 saturated heterocycles. The standard InChI is InChI=1S/C19H20F2N2O/c1-11-9-13(10-22-16(11)18(20)21)17-14-7-5-6-8-15(14)24-19(3,4)12(2)23-17/h5-10,12,18H,1-4H3/t12-/m0/s1. The van der Waals surface area contributed by atoms with Crippen LogP contribution in [0.15, 0.2) is 41.5 Å². The van der Waals surface area contributed by atoms with E-state index in [1.807, 2.05) is 45.0 Å². The molecule has 0 amide bonds. The molecule has 0 radical (unpaired) electrons. The van der Waals surface area contributed by atoms with Crippen molar-refractivity contribution in [3.63, 3.8) is 0 Å². The molecule has 3 nitrogen and oxygen atoms in total. The molecule has 0 saturated carbocycles. The molecule has 1 aromatic carbocycles. The van der Waals surface area contributed by atoms with Gasteiger partial charge in [-0.15, -0.1) is 0 Å². The predicted octanol–water partition coefficient (Wildman–Crippen LogP) is 4.72. The number of hydrogen-bond acceptors (Lipinski definition) is 3. The first kappa shape index (κ1) is 16.6. The maximum atomic E-state index is 13.0. The van der Waals surface area contributed by atoms with Crippen molar-refractivity contribution in [3.8, 4) is 5.75 Å². The van der Waals surface area contributed by atoms with E-state index >= 15 is 0 Å². The first-order valence-corrected chi connectivity index (χ1v) is 7.91. The lowest BCUT2D eigenvalue weighted by Gasteiger charge is -2.28. The van der Waals surface area contributed by atoms with Crippen LogP contribution in [0.4, 0.5) is 8.78 Å². The Morgan fingerprint density at radius 2 is 1.92 bits per heavy atom. The van der Waals surface area contributed by atoms with Crippen LogP contribution < -0.4 is 4.74 Å². The van der Waals surface area contributed by atoms with Gasteiger partial charge in [0.05, 0.1) is 11.8 Å². The summed E-state index contributed by atoms with van der Waals surface area (Å²) in [6.45, 7) is 7.61. The number of rotatable bonds is 2. The van der Waals surface area contributed by atoms with Crippen LogP contribution in [0.5, 0.6) is 5.75 Å². The lowest BCUT2D eigenvalue weighted by atomic mass is 10.00. The molecule has 0 aliphatic carbocycles. The highest BCUT2D eigenvalue weighted by atomic mass is 19.3. The quantitative estimate of drug-likeness (QED) is 0.798. The lowest BCUT2D eigenvalue weighted by Crippen LogP contribution is -2.38. The molecular formula is C19H20F2N2O. The maximum Gasteiger partial charge on any atom is 0.280 e. The molecule has 1 aromatic heterocycles. The summed E-state index contributed by atoms with van der Waals surface area (Å²) in [6, 6.07) is 9.27. The third kappa shape index (κ3) is 2.90. The molecule has 0 unspecified atom stereocenters. The molecule has 3 rings (SSSR count). The van der Waals surface area contributed by atoms with E-state index < -0.39 is 12.0 Å². The molecule has 0 N–H and O–H groups in total. The van der Waals surface area contributed by atoms with Gasteiger partial charge in [-0.2, -0.15) is 0 Å². The van der Waals surface area contributed by atoms with Crippen molar-refractivity contribution in [3.05, 3.63) is 58.9 Å². The van der Waals surface area contributed by atoms with Crippen LogP contribution in [0.3, 0.4) is 0 Å². The first-order valence-electron chi connectivity index (χ1n) is 7.91. The van der Waals surface area contributed by atoms with Crippen molar-refractivity contribution in [1.29, 1.82) is 0 Å². The maximum absolute atomic E-state index is 13.0. The van der Waals surface area contributed by atoms with Crippen molar-refractivity contribution >= 4 is 5.71 Å². The fourth-order valence-electron chi connectivity index (χ4n) is 2.71. The van der Waals surface area contributed by atoms with Crippen molar-refractivity contribution in [1.82, 2.24) is 4.98 Å². The second kappa shape index (κ2) is 5.96. The summed E-state index contributed by atoms with van der Waals surface area (Å²) in [4.78, 5) is 8.77. The largest absolute Gasteiger partial charge is 0.485 e. The number of benzene rings is 1. The number of para-hydroxylation sites is 1. The molecule has 126 valence electrons. The van der Waals surface area contributed by atoms with E-state index in [9.17, 15) is 8.78 Å². The van der Waals surface area contributed by atoms with Gasteiger partial charge in [-0.1, -0.05) is 12.1 Å². The van der Waals surface area contributed by atoms with Gasteiger partial charge < -0.3 is 4.74 Å². The van der Waals surface area contributed by atoms with Crippen LogP contribution >= 0.6 is 0 Å². The van der Waals surface area contributed by atoms with Gasteiger partial charge in [0, 0.05) is 17.3 Å². The van der Waals surface area contributed by atoms with Crippen LogP contribution in [0.1, 0.15) is 49.6 Å². The number of aromatic nitrogens is 1. The van der Waals surface area contributed by atoms with Crippen LogP contribution in [-0.2, 0) is 0 Å². The first-order chi connectivity index (χ1) is 11.3. The lowest BCUT2D eigenvalue weighted by molar-refractivity contribution is 0.0891. The number of hydrogen-bond donors (Lipinski definition) is 0. The second-order valence-corrected chi connectivity index (χ2v) is 6.58. The van der Waals surface area contributed by atoms with Crippen molar-refractivity contribution in [2.24, 2.45) is 4.99 Å². The number of aryl methyl sites for hydroxylation is 1. The Balaban J connectivity index is 2.17. The fourth-order valence-corrected chi connectivity index (χ4v) is 2.71. The summed E-state index contributed by atoms with van der Waals surface area (Å²) in [7, 11) is 0. The summed E-state index contributed by atoms with van der Waals surface area (Å²) in [5.41, 5.74) is 2.09. The average Bonchev–Trinajstić information content (AvgIpc) is 2.61. The minimum atomic E-state index is -2.58. The zero-order valence-electron chi connectivity index (χ0n) is 14.2. The topological polar surface area (TPSA) is 34.5 Å². The number of aliphatic imine (C=N–C) groups is 1. The minimum absolute atomic E-state index is 0.102. The highest BCUT2D eigenvalue weighted by Crippen LogP contribution is 2.33. The molecule has 1 atom stereocenters. The summed E-state index contributed by atoms with van der Waals surface area (Å²) in [5, 5.41) is 0. The van der Waals surface area contributed by atoms with Crippen LogP contribution in [0, 0.1) is 6.92 Å². The van der Waals surface area contributed by atoms with Crippen LogP contribution in [0.2, 0.25) is 0 Å². The van der Waals surface area contributed by atoms with Gasteiger partial charge in [0.25, 0.3) is 6.43 Å². The second-order valence-electron chi connectivity index (χ2n) is 6.58. The molecular weight excluding hydrogens is 310 g/mol. The Labute approximate surface area is 140 Å². The van der Waals surface area contributed by atoms with Crippen molar-refractivity contribution in [2.45, 2.75) is 45.8 Å². The molecule has 5 heteroatoms. The third-order valence-corrected chi connectivity index (χ3v) is 4.44. The number of nitrogens with zero attached hydrogens (tertiary/aromatic N) is 2. The summed E-state index contributed by atoms with van der Waals surface area (Å²) in [5.74, 6) is 0.737. The molecule has 2 aromatic rings. The number of alkyl halides is 2. The number of pyridine rings is 1. The summed E-state index contributed by atoms with van der Waals surface area (Å²) < 4.78 is 32.1. The molecule has 24 heavy (non-hydrogen) atoms. The molecule has 0 fully saturated rings. The van der Waals surface area contributed by atoms with E-state index in [-0.39, 0.29) is 11.7 Å². The van der Waals surface area contributed by atoms with E-state index in [4.69, 9.17) is 9.73 Å². The van der Waals surface area contributed by atoms with E-state index in [1.54, 1.807) is 13.0 Å². The number of fused-ring (bicyclic) bond motifs is 1. The smallest absolute Gasteiger partial charge is 0.280 e. The van der Waals surface area contributed by atoms with Gasteiger partial charge >= 0.3 is 0 Å². The zero-order valence-corrected chi connectivity index (χ0v) is 14.2. The average molecular weight is 330 g/mol.